The SMILES string of the molecule is O=C(Cc1ccc(Cl)c(Cl)c1)Nc1ccc(Cl)c(-c2nnc3n2CCCCC3)c1. The molecule has 0 radical (unpaired) electrons. The van der Waals surface area contributed by atoms with Gasteiger partial charge in [0.15, 0.2) is 5.82 Å². The number of aryl methyl sites for hydroxylation is 1. The molecule has 2 heterocycles. The van der Waals surface area contributed by atoms with Crippen LogP contribution >= 0.6 is 34.8 Å². The standard InChI is InChI=1S/C21H19Cl3N4O/c22-16-8-6-14(25-20(29)11-13-5-7-17(23)18(24)10-13)12-15(16)21-27-26-19-4-2-1-3-9-28(19)21/h5-8,10,12H,1-4,9,11H2,(H,25,29). The summed E-state index contributed by atoms with van der Waals surface area (Å²) in [6.07, 6.45) is 4.51. The van der Waals surface area contributed by atoms with Crippen molar-refractivity contribution in [2.24, 2.45) is 0 Å². The Bertz CT molecular complexity index is 1060. The van der Waals surface area contributed by atoms with E-state index in [0.717, 1.165) is 48.6 Å². The van der Waals surface area contributed by atoms with Crippen molar-refractivity contribution in [3.05, 3.63) is 62.9 Å². The molecule has 150 valence electrons. The van der Waals surface area contributed by atoms with Gasteiger partial charge in [-0.05, 0) is 48.7 Å². The maximum atomic E-state index is 12.5. The molecular weight excluding hydrogens is 431 g/mol. The van der Waals surface area contributed by atoms with Crippen molar-refractivity contribution in [2.45, 2.75) is 38.6 Å². The molecule has 0 saturated heterocycles. The van der Waals surface area contributed by atoms with Gasteiger partial charge in [-0.2, -0.15) is 0 Å². The van der Waals surface area contributed by atoms with Gasteiger partial charge < -0.3 is 9.88 Å². The zero-order valence-corrected chi connectivity index (χ0v) is 17.9. The van der Waals surface area contributed by atoms with E-state index in [0.29, 0.717) is 20.8 Å². The van der Waals surface area contributed by atoms with Crippen LogP contribution in [0.5, 0.6) is 0 Å². The van der Waals surface area contributed by atoms with E-state index in [1.807, 2.05) is 6.07 Å². The Morgan fingerprint density at radius 1 is 0.966 bits per heavy atom. The molecule has 4 rings (SSSR count). The van der Waals surface area contributed by atoms with Crippen LogP contribution in [0.15, 0.2) is 36.4 Å². The molecule has 0 aliphatic carbocycles. The Balaban J connectivity index is 1.55. The van der Waals surface area contributed by atoms with E-state index in [2.05, 4.69) is 20.1 Å². The van der Waals surface area contributed by atoms with Crippen LogP contribution in [0.25, 0.3) is 11.4 Å². The zero-order chi connectivity index (χ0) is 20.4. The van der Waals surface area contributed by atoms with Crippen LogP contribution in [-0.2, 0) is 24.2 Å². The monoisotopic (exact) mass is 448 g/mol. The van der Waals surface area contributed by atoms with Gasteiger partial charge in [0.05, 0.1) is 21.5 Å². The number of fused-ring (bicyclic) bond motifs is 1. The van der Waals surface area contributed by atoms with Crippen LogP contribution < -0.4 is 5.32 Å². The molecule has 5 nitrogen and oxygen atoms in total. The summed E-state index contributed by atoms with van der Waals surface area (Å²) >= 11 is 18.4. The molecule has 0 bridgehead atoms. The van der Waals surface area contributed by atoms with E-state index < -0.39 is 0 Å². The van der Waals surface area contributed by atoms with Crippen LogP contribution in [0.3, 0.4) is 0 Å². The smallest absolute Gasteiger partial charge is 0.228 e. The second kappa shape index (κ2) is 8.74. The van der Waals surface area contributed by atoms with E-state index in [1.165, 1.54) is 6.42 Å². The Kier molecular flexibility index (Phi) is 6.09. The number of benzene rings is 2. The summed E-state index contributed by atoms with van der Waals surface area (Å²) in [6, 6.07) is 10.6. The van der Waals surface area contributed by atoms with Crippen LogP contribution in [0.1, 0.15) is 30.7 Å². The largest absolute Gasteiger partial charge is 0.326 e. The highest BCUT2D eigenvalue weighted by atomic mass is 35.5. The van der Waals surface area contributed by atoms with Crippen LogP contribution in [0.4, 0.5) is 5.69 Å². The molecule has 0 fully saturated rings. The third-order valence-electron chi connectivity index (χ3n) is 4.95. The number of nitrogens with one attached hydrogen (secondary N) is 1. The number of aromatic nitrogens is 3. The van der Waals surface area contributed by atoms with Gasteiger partial charge >= 0.3 is 0 Å². The van der Waals surface area contributed by atoms with Crippen LogP contribution in [0.2, 0.25) is 15.1 Å². The van der Waals surface area contributed by atoms with Gasteiger partial charge in [-0.25, -0.2) is 0 Å². The lowest BCUT2D eigenvalue weighted by atomic mass is 10.1. The average Bonchev–Trinajstić information content (AvgIpc) is 2.94. The normalized spacial score (nSPS) is 13.6. The average molecular weight is 450 g/mol. The number of halogens is 3. The predicted octanol–water partition coefficient (Wildman–Crippen LogP) is 5.81. The van der Waals surface area contributed by atoms with Gasteiger partial charge in [0.1, 0.15) is 5.82 Å². The number of carbonyl (C=O) groups is 1. The topological polar surface area (TPSA) is 59.8 Å². The highest BCUT2D eigenvalue weighted by molar-refractivity contribution is 6.42. The summed E-state index contributed by atoms with van der Waals surface area (Å²) < 4.78 is 2.13. The quantitative estimate of drug-likeness (QED) is 0.546. The first-order valence-electron chi connectivity index (χ1n) is 9.47. The van der Waals surface area contributed by atoms with E-state index in [1.54, 1.807) is 30.3 Å². The molecule has 0 saturated carbocycles. The maximum Gasteiger partial charge on any atom is 0.228 e. The predicted molar refractivity (Wildman–Crippen MR) is 117 cm³/mol. The Labute approximate surface area is 184 Å². The van der Waals surface area contributed by atoms with E-state index in [9.17, 15) is 4.79 Å². The first-order valence-corrected chi connectivity index (χ1v) is 10.6. The first-order chi connectivity index (χ1) is 14.0. The fourth-order valence-electron chi connectivity index (χ4n) is 3.50. The summed E-state index contributed by atoms with van der Waals surface area (Å²) in [5.74, 6) is 1.58. The summed E-state index contributed by atoms with van der Waals surface area (Å²) in [7, 11) is 0. The molecular formula is C21H19Cl3N4O. The molecule has 1 aliphatic rings. The van der Waals surface area contributed by atoms with Crippen molar-refractivity contribution in [1.82, 2.24) is 14.8 Å². The second-order valence-corrected chi connectivity index (χ2v) is 8.29. The van der Waals surface area contributed by atoms with Gasteiger partial charge in [-0.15, -0.1) is 10.2 Å². The van der Waals surface area contributed by atoms with Crippen molar-refractivity contribution in [2.75, 3.05) is 5.32 Å². The van der Waals surface area contributed by atoms with Gasteiger partial charge in [0.2, 0.25) is 5.91 Å². The van der Waals surface area contributed by atoms with E-state index >= 15 is 0 Å². The lowest BCUT2D eigenvalue weighted by Crippen LogP contribution is -2.14. The lowest BCUT2D eigenvalue weighted by molar-refractivity contribution is -0.115. The van der Waals surface area contributed by atoms with Crippen molar-refractivity contribution in [3.8, 4) is 11.4 Å². The van der Waals surface area contributed by atoms with Crippen molar-refractivity contribution >= 4 is 46.4 Å². The second-order valence-electron chi connectivity index (χ2n) is 7.07. The summed E-state index contributed by atoms with van der Waals surface area (Å²) in [5.41, 5.74) is 2.20. The van der Waals surface area contributed by atoms with Gasteiger partial charge in [-0.1, -0.05) is 47.3 Å². The third kappa shape index (κ3) is 4.58. The summed E-state index contributed by atoms with van der Waals surface area (Å²) in [6.45, 7) is 0.877. The van der Waals surface area contributed by atoms with Gasteiger partial charge in [0.25, 0.3) is 0 Å². The number of hydrogen-bond donors (Lipinski definition) is 1. The summed E-state index contributed by atoms with van der Waals surface area (Å²) in [4.78, 5) is 12.5. The van der Waals surface area contributed by atoms with Gasteiger partial charge in [0, 0.05) is 24.2 Å². The fraction of sp³-hybridized carbons (Fsp3) is 0.286. The molecule has 0 atom stereocenters. The molecule has 1 aliphatic heterocycles. The Morgan fingerprint density at radius 2 is 1.79 bits per heavy atom. The number of rotatable bonds is 4. The molecule has 1 N–H and O–H groups in total. The number of hydrogen-bond acceptors (Lipinski definition) is 3. The Hall–Kier alpha value is -2.08. The first kappa shape index (κ1) is 20.2. The van der Waals surface area contributed by atoms with Crippen LogP contribution in [0, 0.1) is 0 Å². The lowest BCUT2D eigenvalue weighted by Gasteiger charge is -2.11. The minimum Gasteiger partial charge on any atom is -0.326 e. The van der Waals surface area contributed by atoms with Crippen LogP contribution in [-0.4, -0.2) is 20.7 Å². The highest BCUT2D eigenvalue weighted by Gasteiger charge is 2.18. The van der Waals surface area contributed by atoms with Crippen molar-refractivity contribution in [1.29, 1.82) is 0 Å². The zero-order valence-electron chi connectivity index (χ0n) is 15.6. The van der Waals surface area contributed by atoms with Crippen molar-refractivity contribution in [3.63, 3.8) is 0 Å². The molecule has 3 aromatic rings. The third-order valence-corrected chi connectivity index (χ3v) is 6.02. The number of nitrogens with zero attached hydrogens (tertiary/aromatic N) is 3. The number of anilines is 1. The van der Waals surface area contributed by atoms with E-state index in [-0.39, 0.29) is 12.3 Å². The number of amides is 1. The Morgan fingerprint density at radius 3 is 2.62 bits per heavy atom. The molecule has 2 aromatic carbocycles. The maximum absolute atomic E-state index is 12.5. The molecule has 0 unspecified atom stereocenters. The molecule has 1 amide bonds. The van der Waals surface area contributed by atoms with E-state index in [4.69, 9.17) is 34.8 Å². The molecule has 0 spiro atoms. The highest BCUT2D eigenvalue weighted by Crippen LogP contribution is 2.31. The molecule has 29 heavy (non-hydrogen) atoms. The van der Waals surface area contributed by atoms with Crippen molar-refractivity contribution < 1.29 is 4.79 Å². The van der Waals surface area contributed by atoms with Gasteiger partial charge in [-0.3, -0.25) is 4.79 Å². The number of carbonyl (C=O) groups excluding carboxylic acids is 1. The molecule has 1 aromatic heterocycles. The minimum absolute atomic E-state index is 0.156. The molecule has 8 heteroatoms. The summed E-state index contributed by atoms with van der Waals surface area (Å²) in [5, 5.41) is 13.1. The minimum atomic E-state index is -0.156. The fourth-order valence-corrected chi connectivity index (χ4v) is 4.02.